The molecule has 0 saturated carbocycles. The lowest BCUT2D eigenvalue weighted by atomic mass is 9.90. The zero-order valence-electron chi connectivity index (χ0n) is 28.2. The quantitative estimate of drug-likeness (QED) is 0.108. The number of nitrogens with zero attached hydrogens (tertiary/aromatic N) is 3. The highest BCUT2D eigenvalue weighted by atomic mass is 14.9. The first-order chi connectivity index (χ1) is 25.1. The van der Waals surface area contributed by atoms with Crippen LogP contribution in [0.3, 0.4) is 0 Å². The molecule has 7 aromatic carbocycles. The van der Waals surface area contributed by atoms with Gasteiger partial charge in [0.2, 0.25) is 0 Å². The van der Waals surface area contributed by atoms with E-state index < -0.39 is 0 Å². The monoisotopic (exact) mass is 654 g/mol. The van der Waals surface area contributed by atoms with Gasteiger partial charge in [0.15, 0.2) is 11.7 Å². The van der Waals surface area contributed by atoms with E-state index in [2.05, 4.69) is 97.1 Å². The summed E-state index contributed by atoms with van der Waals surface area (Å²) in [6, 6.07) is 60.2. The molecule has 1 aromatic heterocycles. The molecule has 0 aliphatic carbocycles. The number of aromatic nitrogens is 1. The number of hydrogen-bond acceptors (Lipinski definition) is 2. The Kier molecular flexibility index (Phi) is 8.63. The summed E-state index contributed by atoms with van der Waals surface area (Å²) >= 11 is 0. The number of nitrogens with one attached hydrogen (secondary N) is 1. The summed E-state index contributed by atoms with van der Waals surface area (Å²) in [5.41, 5.74) is 9.95. The van der Waals surface area contributed by atoms with Crippen molar-refractivity contribution >= 4 is 39.4 Å². The molecule has 0 aliphatic rings. The average Bonchev–Trinajstić information content (AvgIpc) is 3.19. The summed E-state index contributed by atoms with van der Waals surface area (Å²) in [5.74, 6) is 0.634. The largest absolute Gasteiger partial charge is 0.282 e. The maximum atomic E-state index is 8.75. The van der Waals surface area contributed by atoms with Crippen molar-refractivity contribution in [2.75, 3.05) is 0 Å². The van der Waals surface area contributed by atoms with Gasteiger partial charge in [0.1, 0.15) is 0 Å². The van der Waals surface area contributed by atoms with Crippen molar-refractivity contribution in [2.45, 2.75) is 6.92 Å². The van der Waals surface area contributed by atoms with E-state index in [1.54, 1.807) is 0 Å². The molecule has 0 fully saturated rings. The molecular weight excluding hydrogens is 621 g/mol. The number of benzene rings is 7. The number of hydrogen-bond donors (Lipinski definition) is 1. The maximum Gasteiger partial charge on any atom is 0.161 e. The number of aliphatic imine (C=N–C) groups is 2. The molecule has 1 heterocycles. The first kappa shape index (κ1) is 31.5. The van der Waals surface area contributed by atoms with Gasteiger partial charge >= 0.3 is 0 Å². The molecule has 4 nitrogen and oxygen atoms in total. The molecular formula is C47H34N4. The summed E-state index contributed by atoms with van der Waals surface area (Å²) in [4.78, 5) is 14.4. The van der Waals surface area contributed by atoms with Crippen molar-refractivity contribution in [3.8, 4) is 33.5 Å². The minimum Gasteiger partial charge on any atom is -0.282 e. The van der Waals surface area contributed by atoms with Crippen molar-refractivity contribution in [3.05, 3.63) is 198 Å². The Morgan fingerprint density at radius 1 is 0.529 bits per heavy atom. The first-order valence-electron chi connectivity index (χ1n) is 17.0. The Morgan fingerprint density at radius 2 is 1.16 bits per heavy atom. The standard InChI is InChI=1S/C47H34N4/c1-32-13-12-22-45(50-32)35-25-23-34(24-26-35)39-27-33(31-49-47(37-16-6-3-7-17-37)51-46(48)36-14-4-2-5-15-36)28-40(29-39)44-30-38-18-8-9-19-41(38)42-20-10-11-21-43(42)44/h2-31,48H,1H3/b48-46?,49-31+,51-47-. The third kappa shape index (κ3) is 6.76. The highest BCUT2D eigenvalue weighted by Crippen LogP contribution is 2.37. The second-order valence-corrected chi connectivity index (χ2v) is 12.6. The lowest BCUT2D eigenvalue weighted by Crippen LogP contribution is -2.04. The van der Waals surface area contributed by atoms with Crippen LogP contribution in [0.1, 0.15) is 22.4 Å². The van der Waals surface area contributed by atoms with Crippen LogP contribution < -0.4 is 0 Å². The van der Waals surface area contributed by atoms with Crippen LogP contribution in [0.25, 0.3) is 55.1 Å². The van der Waals surface area contributed by atoms with E-state index in [9.17, 15) is 0 Å². The van der Waals surface area contributed by atoms with Crippen molar-refractivity contribution in [1.82, 2.24) is 4.98 Å². The van der Waals surface area contributed by atoms with E-state index in [0.29, 0.717) is 5.84 Å². The summed E-state index contributed by atoms with van der Waals surface area (Å²) in [7, 11) is 0. The molecule has 8 aromatic rings. The molecule has 242 valence electrons. The molecule has 0 aliphatic heterocycles. The summed E-state index contributed by atoms with van der Waals surface area (Å²) in [6.45, 7) is 2.02. The van der Waals surface area contributed by atoms with Gasteiger partial charge in [-0.15, -0.1) is 0 Å². The molecule has 0 radical (unpaired) electrons. The Balaban J connectivity index is 1.28. The second-order valence-electron chi connectivity index (χ2n) is 12.6. The zero-order chi connectivity index (χ0) is 34.6. The predicted octanol–water partition coefficient (Wildman–Crippen LogP) is 11.6. The summed E-state index contributed by atoms with van der Waals surface area (Å²) in [6.07, 6.45) is 1.87. The van der Waals surface area contributed by atoms with E-state index in [-0.39, 0.29) is 5.84 Å². The molecule has 0 atom stereocenters. The van der Waals surface area contributed by atoms with Crippen LogP contribution in [0.2, 0.25) is 0 Å². The zero-order valence-corrected chi connectivity index (χ0v) is 28.2. The van der Waals surface area contributed by atoms with Crippen LogP contribution >= 0.6 is 0 Å². The van der Waals surface area contributed by atoms with Gasteiger partial charge in [0.25, 0.3) is 0 Å². The highest BCUT2D eigenvalue weighted by molar-refractivity contribution is 6.15. The number of amidine groups is 2. The third-order valence-corrected chi connectivity index (χ3v) is 9.07. The van der Waals surface area contributed by atoms with Crippen molar-refractivity contribution in [1.29, 1.82) is 5.41 Å². The Hall–Kier alpha value is -6.78. The number of pyridine rings is 1. The SMILES string of the molecule is Cc1cccc(-c2ccc(-c3cc(/C=N/C(=N\C(=N)c4ccccc4)c4ccccc4)cc(-c4cc5ccccc5c5ccccc45)c3)cc2)n1. The normalized spacial score (nSPS) is 11.7. The fraction of sp³-hybridized carbons (Fsp3) is 0.0213. The van der Waals surface area contributed by atoms with Crippen molar-refractivity contribution in [3.63, 3.8) is 0 Å². The van der Waals surface area contributed by atoms with Crippen LogP contribution in [0.15, 0.2) is 186 Å². The third-order valence-electron chi connectivity index (χ3n) is 9.07. The minimum absolute atomic E-state index is 0.159. The van der Waals surface area contributed by atoms with E-state index in [1.165, 1.54) is 21.5 Å². The highest BCUT2D eigenvalue weighted by Gasteiger charge is 2.12. The van der Waals surface area contributed by atoms with Crippen molar-refractivity contribution < 1.29 is 0 Å². The van der Waals surface area contributed by atoms with Gasteiger partial charge < -0.3 is 0 Å². The molecule has 1 N–H and O–H groups in total. The molecule has 0 bridgehead atoms. The van der Waals surface area contributed by atoms with E-state index in [1.807, 2.05) is 92.0 Å². The van der Waals surface area contributed by atoms with Gasteiger partial charge in [-0.05, 0) is 92.7 Å². The maximum absolute atomic E-state index is 8.75. The molecule has 0 spiro atoms. The predicted molar refractivity (Wildman–Crippen MR) is 214 cm³/mol. The number of fused-ring (bicyclic) bond motifs is 3. The van der Waals surface area contributed by atoms with Crippen LogP contribution in [0, 0.1) is 12.3 Å². The van der Waals surface area contributed by atoms with Gasteiger partial charge in [0.05, 0.1) is 5.69 Å². The minimum atomic E-state index is 0.159. The Morgan fingerprint density at radius 3 is 1.90 bits per heavy atom. The van der Waals surface area contributed by atoms with Crippen LogP contribution in [0.4, 0.5) is 0 Å². The van der Waals surface area contributed by atoms with Crippen LogP contribution in [-0.4, -0.2) is 22.9 Å². The molecule has 8 rings (SSSR count). The topological polar surface area (TPSA) is 61.5 Å². The Labute approximate surface area is 297 Å². The summed E-state index contributed by atoms with van der Waals surface area (Å²) in [5, 5.41) is 13.6. The van der Waals surface area contributed by atoms with Gasteiger partial charge in [-0.25, -0.2) is 9.98 Å². The first-order valence-corrected chi connectivity index (χ1v) is 17.0. The molecule has 0 amide bonds. The fourth-order valence-corrected chi connectivity index (χ4v) is 6.54. The average molecular weight is 655 g/mol. The molecule has 0 unspecified atom stereocenters. The van der Waals surface area contributed by atoms with Crippen LogP contribution in [0.5, 0.6) is 0 Å². The lowest BCUT2D eigenvalue weighted by Gasteiger charge is -2.14. The smallest absolute Gasteiger partial charge is 0.161 e. The number of aryl methyl sites for hydroxylation is 1. The molecule has 4 heteroatoms. The van der Waals surface area contributed by atoms with E-state index >= 15 is 0 Å². The fourth-order valence-electron chi connectivity index (χ4n) is 6.54. The van der Waals surface area contributed by atoms with Gasteiger partial charge in [0, 0.05) is 28.6 Å². The van der Waals surface area contributed by atoms with Gasteiger partial charge in [-0.1, -0.05) is 140 Å². The van der Waals surface area contributed by atoms with Gasteiger partial charge in [-0.2, -0.15) is 0 Å². The van der Waals surface area contributed by atoms with Crippen LogP contribution in [-0.2, 0) is 0 Å². The van der Waals surface area contributed by atoms with Gasteiger partial charge in [-0.3, -0.25) is 10.4 Å². The Bertz CT molecular complexity index is 2590. The molecule has 51 heavy (non-hydrogen) atoms. The summed E-state index contributed by atoms with van der Waals surface area (Å²) < 4.78 is 0. The van der Waals surface area contributed by atoms with Crippen molar-refractivity contribution in [2.24, 2.45) is 9.98 Å². The molecule has 0 saturated heterocycles. The van der Waals surface area contributed by atoms with E-state index in [0.717, 1.165) is 55.9 Å². The number of rotatable bonds is 6. The van der Waals surface area contributed by atoms with E-state index in [4.69, 9.17) is 20.4 Å². The second kappa shape index (κ2) is 14.0. The lowest BCUT2D eigenvalue weighted by molar-refractivity contribution is 1.21.